The molecule has 4 aromatic carbocycles. The van der Waals surface area contributed by atoms with E-state index in [0.717, 1.165) is 20.9 Å². The van der Waals surface area contributed by atoms with Crippen LogP contribution >= 0.6 is 23.1 Å². The van der Waals surface area contributed by atoms with E-state index in [9.17, 15) is 14.4 Å². The number of thiazole rings is 1. The largest absolute Gasteiger partial charge is 0.497 e. The van der Waals surface area contributed by atoms with Crippen molar-refractivity contribution in [2.24, 2.45) is 0 Å². The number of fused-ring (bicyclic) bond motifs is 1. The van der Waals surface area contributed by atoms with Gasteiger partial charge in [0, 0.05) is 21.7 Å². The molecule has 5 aromatic rings. The number of carbonyl (C=O) groups is 3. The second kappa shape index (κ2) is 15.0. The van der Waals surface area contributed by atoms with E-state index in [1.807, 2.05) is 61.5 Å². The molecule has 0 aliphatic heterocycles. The van der Waals surface area contributed by atoms with Crippen molar-refractivity contribution < 1.29 is 23.9 Å². The van der Waals surface area contributed by atoms with Gasteiger partial charge in [-0.1, -0.05) is 47.7 Å². The van der Waals surface area contributed by atoms with E-state index in [0.29, 0.717) is 34.3 Å². The van der Waals surface area contributed by atoms with E-state index in [4.69, 9.17) is 9.47 Å². The molecule has 0 radical (unpaired) electrons. The summed E-state index contributed by atoms with van der Waals surface area (Å²) in [5, 5.41) is 8.96. The first kappa shape index (κ1) is 31.3. The van der Waals surface area contributed by atoms with Crippen LogP contribution < -0.4 is 25.4 Å². The molecule has 3 amide bonds. The highest BCUT2D eigenvalue weighted by atomic mass is 32.2. The van der Waals surface area contributed by atoms with Crippen LogP contribution in [0, 0.1) is 0 Å². The van der Waals surface area contributed by atoms with Gasteiger partial charge in [-0.3, -0.25) is 14.4 Å². The number of anilines is 2. The van der Waals surface area contributed by atoms with Crippen LogP contribution in [0.25, 0.3) is 16.3 Å². The zero-order chi connectivity index (χ0) is 31.6. The molecular weight excluding hydrogens is 609 g/mol. The lowest BCUT2D eigenvalue weighted by atomic mass is 10.1. The van der Waals surface area contributed by atoms with Crippen LogP contribution in [0.4, 0.5) is 10.8 Å². The Hall–Kier alpha value is -5.13. The van der Waals surface area contributed by atoms with Crippen molar-refractivity contribution >= 4 is 67.9 Å². The zero-order valence-corrected chi connectivity index (χ0v) is 26.2. The van der Waals surface area contributed by atoms with Crippen molar-refractivity contribution in [3.63, 3.8) is 0 Å². The molecule has 228 valence electrons. The highest BCUT2D eigenvalue weighted by Gasteiger charge is 2.16. The van der Waals surface area contributed by atoms with Crippen LogP contribution in [0.1, 0.15) is 22.8 Å². The molecule has 0 bridgehead atoms. The van der Waals surface area contributed by atoms with Crippen LogP contribution in [-0.2, 0) is 9.59 Å². The molecule has 1 heterocycles. The average molecular weight is 639 g/mol. The number of aromatic nitrogens is 1. The summed E-state index contributed by atoms with van der Waals surface area (Å²) in [6.45, 7) is 2.33. The molecule has 45 heavy (non-hydrogen) atoms. The summed E-state index contributed by atoms with van der Waals surface area (Å²) in [6.07, 6.45) is 1.59. The van der Waals surface area contributed by atoms with Crippen LogP contribution in [-0.4, -0.2) is 42.2 Å². The van der Waals surface area contributed by atoms with Gasteiger partial charge in [0.1, 0.15) is 17.2 Å². The van der Waals surface area contributed by atoms with E-state index >= 15 is 0 Å². The summed E-state index contributed by atoms with van der Waals surface area (Å²) in [5.74, 6) is 0.408. The fraction of sp³-hybridized carbons (Fsp3) is 0.118. The Morgan fingerprint density at radius 3 is 2.42 bits per heavy atom. The lowest BCUT2D eigenvalue weighted by Gasteiger charge is -2.13. The van der Waals surface area contributed by atoms with Crippen molar-refractivity contribution in [2.75, 3.05) is 30.1 Å². The van der Waals surface area contributed by atoms with Crippen molar-refractivity contribution in [3.8, 4) is 11.5 Å². The number of thioether (sulfide) groups is 1. The van der Waals surface area contributed by atoms with Crippen molar-refractivity contribution in [1.29, 1.82) is 0 Å². The van der Waals surface area contributed by atoms with E-state index in [1.165, 1.54) is 23.1 Å². The van der Waals surface area contributed by atoms with Crippen LogP contribution in [0.5, 0.6) is 11.5 Å². The number of para-hydroxylation sites is 1. The molecule has 11 heteroatoms. The lowest BCUT2D eigenvalue weighted by molar-refractivity contribution is -0.114. The van der Waals surface area contributed by atoms with Crippen molar-refractivity contribution in [1.82, 2.24) is 10.3 Å². The summed E-state index contributed by atoms with van der Waals surface area (Å²) in [4.78, 5) is 44.3. The molecule has 0 saturated heterocycles. The Morgan fingerprint density at radius 1 is 0.911 bits per heavy atom. The highest BCUT2D eigenvalue weighted by Crippen LogP contribution is 2.29. The third-order valence-electron chi connectivity index (χ3n) is 6.37. The Morgan fingerprint density at radius 2 is 1.67 bits per heavy atom. The number of carbonyl (C=O) groups excluding carboxylic acids is 3. The van der Waals surface area contributed by atoms with Gasteiger partial charge in [-0.25, -0.2) is 4.98 Å². The molecule has 0 fully saturated rings. The molecular formula is C34H30N4O5S2. The average Bonchev–Trinajstić information content (AvgIpc) is 3.46. The maximum absolute atomic E-state index is 13.4. The van der Waals surface area contributed by atoms with Crippen molar-refractivity contribution in [2.45, 2.75) is 11.8 Å². The van der Waals surface area contributed by atoms with Gasteiger partial charge in [0.05, 0.1) is 29.7 Å². The third kappa shape index (κ3) is 8.49. The maximum atomic E-state index is 13.4. The summed E-state index contributed by atoms with van der Waals surface area (Å²) in [5.41, 5.74) is 2.44. The number of rotatable bonds is 12. The Labute approximate surface area is 268 Å². The Bertz CT molecular complexity index is 1840. The minimum Gasteiger partial charge on any atom is -0.497 e. The summed E-state index contributed by atoms with van der Waals surface area (Å²) in [6, 6.07) is 28.6. The SMILES string of the molecule is CCOc1ccccc1/C=C(\NC(=O)c1ccccc1)C(=O)Nc1ccc(SCC(=O)Nc2nc3ccc(OC)cc3s2)cc1. The van der Waals surface area contributed by atoms with E-state index in [1.54, 1.807) is 55.7 Å². The van der Waals surface area contributed by atoms with Gasteiger partial charge in [0.25, 0.3) is 11.8 Å². The van der Waals surface area contributed by atoms with Crippen LogP contribution in [0.3, 0.4) is 0 Å². The number of hydrogen-bond donors (Lipinski definition) is 3. The summed E-state index contributed by atoms with van der Waals surface area (Å²) < 4.78 is 11.9. The first-order valence-electron chi connectivity index (χ1n) is 14.0. The number of methoxy groups -OCH3 is 1. The first-order chi connectivity index (χ1) is 21.9. The molecule has 0 spiro atoms. The van der Waals surface area contributed by atoms with E-state index < -0.39 is 11.8 Å². The summed E-state index contributed by atoms with van der Waals surface area (Å²) >= 11 is 2.74. The smallest absolute Gasteiger partial charge is 0.272 e. The molecule has 9 nitrogen and oxygen atoms in total. The van der Waals surface area contributed by atoms with Gasteiger partial charge in [0.15, 0.2) is 5.13 Å². The predicted octanol–water partition coefficient (Wildman–Crippen LogP) is 6.84. The molecule has 0 aliphatic carbocycles. The Kier molecular flexibility index (Phi) is 10.5. The zero-order valence-electron chi connectivity index (χ0n) is 24.5. The highest BCUT2D eigenvalue weighted by molar-refractivity contribution is 8.00. The standard InChI is InChI=1S/C34H30N4O5S2/c1-3-43-29-12-8-7-11-23(29)19-28(36-32(40)22-9-5-4-6-10-22)33(41)35-24-13-16-26(17-14-24)44-21-31(39)38-34-37-27-18-15-25(42-2)20-30(27)45-34/h4-20H,3,21H2,1-2H3,(H,35,41)(H,36,40)(H,37,38,39)/b28-19-. The van der Waals surface area contributed by atoms with Gasteiger partial charge in [-0.05, 0) is 73.7 Å². The van der Waals surface area contributed by atoms with Gasteiger partial charge in [0.2, 0.25) is 5.91 Å². The monoisotopic (exact) mass is 638 g/mol. The fourth-order valence-corrected chi connectivity index (χ4v) is 5.82. The molecule has 0 unspecified atom stereocenters. The number of nitrogens with one attached hydrogen (secondary N) is 3. The number of amides is 3. The normalized spacial score (nSPS) is 11.1. The van der Waals surface area contributed by atoms with Gasteiger partial charge >= 0.3 is 0 Å². The predicted molar refractivity (Wildman–Crippen MR) is 180 cm³/mol. The molecule has 0 aliphatic rings. The maximum Gasteiger partial charge on any atom is 0.272 e. The minimum atomic E-state index is -0.501. The van der Waals surface area contributed by atoms with E-state index in [2.05, 4.69) is 20.9 Å². The number of ether oxygens (including phenoxy) is 2. The topological polar surface area (TPSA) is 119 Å². The summed E-state index contributed by atoms with van der Waals surface area (Å²) in [7, 11) is 1.61. The Balaban J connectivity index is 1.23. The van der Waals surface area contributed by atoms with Crippen LogP contribution in [0.15, 0.2) is 108 Å². The molecule has 0 saturated carbocycles. The quantitative estimate of drug-likeness (QED) is 0.101. The number of hydrogen-bond acceptors (Lipinski definition) is 8. The van der Waals surface area contributed by atoms with E-state index in [-0.39, 0.29) is 17.4 Å². The third-order valence-corrected chi connectivity index (χ3v) is 8.32. The van der Waals surface area contributed by atoms with Crippen LogP contribution in [0.2, 0.25) is 0 Å². The number of nitrogens with zero attached hydrogens (tertiary/aromatic N) is 1. The molecule has 3 N–H and O–H groups in total. The van der Waals surface area contributed by atoms with Gasteiger partial charge in [-0.15, -0.1) is 11.8 Å². The number of benzene rings is 4. The first-order valence-corrected chi connectivity index (χ1v) is 15.8. The lowest BCUT2D eigenvalue weighted by Crippen LogP contribution is -2.30. The molecule has 0 atom stereocenters. The minimum absolute atomic E-state index is 0.0550. The molecule has 1 aromatic heterocycles. The molecule has 5 rings (SSSR count). The van der Waals surface area contributed by atoms with Gasteiger partial charge in [-0.2, -0.15) is 0 Å². The fourth-order valence-electron chi connectivity index (χ4n) is 4.21. The second-order valence-corrected chi connectivity index (χ2v) is 11.6. The second-order valence-electron chi connectivity index (χ2n) is 9.52. The van der Waals surface area contributed by atoms with Crippen molar-refractivity contribution in [3.05, 3.63) is 114 Å². The van der Waals surface area contributed by atoms with Gasteiger partial charge < -0.3 is 25.4 Å².